The predicted octanol–water partition coefficient (Wildman–Crippen LogP) is 5.82. The maximum absolute atomic E-state index is 12.3. The number of benzene rings is 2. The molecule has 0 bridgehead atoms. The van der Waals surface area contributed by atoms with Crippen molar-refractivity contribution in [2.24, 2.45) is 0 Å². The van der Waals surface area contributed by atoms with Gasteiger partial charge in [-0.05, 0) is 43.7 Å². The topological polar surface area (TPSA) is 49.3 Å². The van der Waals surface area contributed by atoms with Crippen LogP contribution >= 0.6 is 22.7 Å². The SMILES string of the molecule is CC(=O)N(c1ccccc1)c1nc(CN2CCC[C@H](c3nc4ccccc4s3)C2)cs1. The second-order valence-electron chi connectivity index (χ2n) is 7.91. The number of fused-ring (bicyclic) bond motifs is 1. The number of thiazole rings is 2. The van der Waals surface area contributed by atoms with Crippen molar-refractivity contribution in [3.05, 3.63) is 70.7 Å². The van der Waals surface area contributed by atoms with Gasteiger partial charge in [0, 0.05) is 31.3 Å². The number of hydrogen-bond donors (Lipinski definition) is 0. The number of rotatable bonds is 5. The second kappa shape index (κ2) is 8.86. The minimum Gasteiger partial charge on any atom is -0.297 e. The number of anilines is 2. The minimum absolute atomic E-state index is 0.0269. The molecule has 3 heterocycles. The Morgan fingerprint density at radius 2 is 1.94 bits per heavy atom. The normalized spacial score (nSPS) is 17.1. The molecule has 1 amide bonds. The average molecular weight is 449 g/mol. The highest BCUT2D eigenvalue weighted by molar-refractivity contribution is 7.18. The van der Waals surface area contributed by atoms with E-state index in [1.54, 1.807) is 11.8 Å². The Balaban J connectivity index is 1.30. The van der Waals surface area contributed by atoms with Gasteiger partial charge in [0.1, 0.15) is 0 Å². The Hall–Kier alpha value is -2.61. The van der Waals surface area contributed by atoms with Crippen LogP contribution in [0, 0.1) is 0 Å². The molecular formula is C24H24N4OS2. The first-order valence-electron chi connectivity index (χ1n) is 10.6. The van der Waals surface area contributed by atoms with Crippen molar-refractivity contribution in [2.75, 3.05) is 18.0 Å². The van der Waals surface area contributed by atoms with Crippen molar-refractivity contribution >= 4 is 49.6 Å². The number of nitrogens with zero attached hydrogens (tertiary/aromatic N) is 4. The van der Waals surface area contributed by atoms with Crippen molar-refractivity contribution in [3.8, 4) is 0 Å². The van der Waals surface area contributed by atoms with E-state index in [1.807, 2.05) is 41.7 Å². The summed E-state index contributed by atoms with van der Waals surface area (Å²) >= 11 is 3.35. The summed E-state index contributed by atoms with van der Waals surface area (Å²) in [5.41, 5.74) is 2.98. The maximum atomic E-state index is 12.3. The molecule has 1 aliphatic rings. The van der Waals surface area contributed by atoms with E-state index in [0.717, 1.165) is 41.7 Å². The Bertz CT molecular complexity index is 1150. The summed E-state index contributed by atoms with van der Waals surface area (Å²) in [7, 11) is 0. The van der Waals surface area contributed by atoms with Gasteiger partial charge in [-0.3, -0.25) is 14.6 Å². The molecule has 1 aliphatic heterocycles. The van der Waals surface area contributed by atoms with Gasteiger partial charge in [0.15, 0.2) is 5.13 Å². The number of carbonyl (C=O) groups excluding carboxylic acids is 1. The zero-order valence-electron chi connectivity index (χ0n) is 17.4. The van der Waals surface area contributed by atoms with E-state index in [2.05, 4.69) is 34.5 Å². The number of piperidine rings is 1. The van der Waals surface area contributed by atoms with Gasteiger partial charge in [0.25, 0.3) is 0 Å². The first-order valence-corrected chi connectivity index (χ1v) is 12.2. The number of amides is 1. The van der Waals surface area contributed by atoms with Gasteiger partial charge in [-0.2, -0.15) is 0 Å². The Kier molecular flexibility index (Phi) is 5.80. The fourth-order valence-electron chi connectivity index (χ4n) is 4.17. The smallest absolute Gasteiger partial charge is 0.230 e. The summed E-state index contributed by atoms with van der Waals surface area (Å²) in [5, 5.41) is 4.06. The maximum Gasteiger partial charge on any atom is 0.230 e. The highest BCUT2D eigenvalue weighted by Crippen LogP contribution is 2.34. The number of para-hydroxylation sites is 2. The average Bonchev–Trinajstić information content (AvgIpc) is 3.42. The Labute approximate surface area is 190 Å². The quantitative estimate of drug-likeness (QED) is 0.386. The predicted molar refractivity (Wildman–Crippen MR) is 128 cm³/mol. The van der Waals surface area contributed by atoms with E-state index in [4.69, 9.17) is 9.97 Å². The summed E-state index contributed by atoms with van der Waals surface area (Å²) in [4.78, 5) is 26.2. The van der Waals surface area contributed by atoms with Gasteiger partial charge in [0.05, 0.1) is 26.6 Å². The number of hydrogen-bond acceptors (Lipinski definition) is 6. The lowest BCUT2D eigenvalue weighted by atomic mass is 9.98. The third-order valence-electron chi connectivity index (χ3n) is 5.61. The van der Waals surface area contributed by atoms with Crippen molar-refractivity contribution in [2.45, 2.75) is 32.2 Å². The third-order valence-corrected chi connectivity index (χ3v) is 7.68. The van der Waals surface area contributed by atoms with Gasteiger partial charge < -0.3 is 0 Å². The molecule has 0 spiro atoms. The number of likely N-dealkylation sites (tertiary alicyclic amines) is 1. The fraction of sp³-hybridized carbons (Fsp3) is 0.292. The van der Waals surface area contributed by atoms with Gasteiger partial charge in [-0.25, -0.2) is 9.97 Å². The third kappa shape index (κ3) is 4.39. The molecule has 0 saturated carbocycles. The zero-order chi connectivity index (χ0) is 21.2. The largest absolute Gasteiger partial charge is 0.297 e. The number of carbonyl (C=O) groups is 1. The molecule has 2 aromatic carbocycles. The van der Waals surface area contributed by atoms with E-state index >= 15 is 0 Å². The molecule has 5 nitrogen and oxygen atoms in total. The van der Waals surface area contributed by atoms with Crippen LogP contribution in [0.15, 0.2) is 60.0 Å². The molecule has 0 aliphatic carbocycles. The van der Waals surface area contributed by atoms with Gasteiger partial charge in [-0.15, -0.1) is 22.7 Å². The molecule has 158 valence electrons. The molecule has 0 unspecified atom stereocenters. The summed E-state index contributed by atoms with van der Waals surface area (Å²) < 4.78 is 1.27. The zero-order valence-corrected chi connectivity index (χ0v) is 19.0. The summed E-state index contributed by atoms with van der Waals surface area (Å²) in [5.74, 6) is 0.447. The van der Waals surface area contributed by atoms with Crippen LogP contribution < -0.4 is 4.90 Å². The van der Waals surface area contributed by atoms with Crippen molar-refractivity contribution < 1.29 is 4.79 Å². The van der Waals surface area contributed by atoms with Crippen molar-refractivity contribution in [3.63, 3.8) is 0 Å². The molecule has 7 heteroatoms. The molecule has 1 atom stereocenters. The van der Waals surface area contributed by atoms with Crippen molar-refractivity contribution in [1.29, 1.82) is 0 Å². The van der Waals surface area contributed by atoms with E-state index in [9.17, 15) is 4.79 Å². The van der Waals surface area contributed by atoms with Gasteiger partial charge in [0.2, 0.25) is 5.91 Å². The molecule has 0 N–H and O–H groups in total. The fourth-order valence-corrected chi connectivity index (χ4v) is 6.14. The van der Waals surface area contributed by atoms with E-state index < -0.39 is 0 Å². The molecule has 4 aromatic rings. The molecule has 5 rings (SSSR count). The van der Waals surface area contributed by atoms with Crippen LogP contribution in [0.3, 0.4) is 0 Å². The first-order chi connectivity index (χ1) is 15.2. The van der Waals surface area contributed by atoms with Crippen LogP contribution in [-0.4, -0.2) is 33.9 Å². The lowest BCUT2D eigenvalue weighted by Gasteiger charge is -2.31. The van der Waals surface area contributed by atoms with Crippen LogP contribution in [0.1, 0.15) is 36.4 Å². The van der Waals surface area contributed by atoms with E-state index in [-0.39, 0.29) is 5.91 Å². The van der Waals surface area contributed by atoms with Crippen molar-refractivity contribution in [1.82, 2.24) is 14.9 Å². The lowest BCUT2D eigenvalue weighted by molar-refractivity contribution is -0.115. The van der Waals surface area contributed by atoms with Crippen LogP contribution in [0.5, 0.6) is 0 Å². The molecule has 31 heavy (non-hydrogen) atoms. The highest BCUT2D eigenvalue weighted by atomic mass is 32.1. The second-order valence-corrected chi connectivity index (χ2v) is 9.80. The van der Waals surface area contributed by atoms with Crippen LogP contribution in [-0.2, 0) is 11.3 Å². The summed E-state index contributed by atoms with van der Waals surface area (Å²) in [6.45, 7) is 4.46. The first kappa shape index (κ1) is 20.3. The summed E-state index contributed by atoms with van der Waals surface area (Å²) in [6, 6.07) is 18.1. The molecule has 1 fully saturated rings. The van der Waals surface area contributed by atoms with E-state index in [0.29, 0.717) is 5.92 Å². The Morgan fingerprint density at radius 3 is 2.74 bits per heavy atom. The monoisotopic (exact) mass is 448 g/mol. The molecule has 1 saturated heterocycles. The molecule has 0 radical (unpaired) electrons. The van der Waals surface area contributed by atoms with Gasteiger partial charge in [-0.1, -0.05) is 30.3 Å². The van der Waals surface area contributed by atoms with Crippen LogP contribution in [0.25, 0.3) is 10.2 Å². The minimum atomic E-state index is -0.0269. The lowest BCUT2D eigenvalue weighted by Crippen LogP contribution is -2.34. The number of aromatic nitrogens is 2. The summed E-state index contributed by atoms with van der Waals surface area (Å²) in [6.07, 6.45) is 2.35. The molecular weight excluding hydrogens is 424 g/mol. The van der Waals surface area contributed by atoms with Crippen LogP contribution in [0.2, 0.25) is 0 Å². The van der Waals surface area contributed by atoms with E-state index in [1.165, 1.54) is 33.9 Å². The van der Waals surface area contributed by atoms with Crippen LogP contribution in [0.4, 0.5) is 10.8 Å². The standard InChI is InChI=1S/C24H24N4OS2/c1-17(29)28(20-9-3-2-4-10-20)24-25-19(16-30-24)15-27-13-7-8-18(14-27)23-26-21-11-5-6-12-22(21)31-23/h2-6,9-12,16,18H,7-8,13-15H2,1H3/t18-/m0/s1. The van der Waals surface area contributed by atoms with Gasteiger partial charge >= 0.3 is 0 Å². The Morgan fingerprint density at radius 1 is 1.13 bits per heavy atom. The molecule has 2 aromatic heterocycles. The highest BCUT2D eigenvalue weighted by Gasteiger charge is 2.25.